The molecule has 2 amide bonds. The molecule has 4 rings (SSSR count). The van der Waals surface area contributed by atoms with E-state index in [1.165, 1.54) is 61.6 Å². The molecule has 0 saturated heterocycles. The van der Waals surface area contributed by atoms with E-state index < -0.39 is 40.2 Å². The third kappa shape index (κ3) is 8.88. The lowest BCUT2D eigenvalue weighted by molar-refractivity contribution is -0.140. The van der Waals surface area contributed by atoms with Gasteiger partial charge in [-0.3, -0.25) is 13.9 Å². The molecule has 0 aliphatic heterocycles. The maximum atomic E-state index is 14.6. The fraction of sp³-hybridized carbons (Fsp3) is 0.278. The standard InChI is InChI=1S/C36H40FN3O6S/c1-25(2)38-36(42)33(21-27-9-7-6-8-10-27)39(23-28-13-15-29(37)16-14-28)35(41)24-40(32-22-30(45-4)17-20-34(32)46-5)47(43,44)31-18-11-26(3)12-19-31/h6-20,22,25,33H,21,23-24H2,1-5H3,(H,38,42)/t33-/m1/s1. The summed E-state index contributed by atoms with van der Waals surface area (Å²) in [6, 6.07) is 24.5. The molecule has 4 aromatic carbocycles. The van der Waals surface area contributed by atoms with Crippen molar-refractivity contribution in [3.8, 4) is 11.5 Å². The number of carbonyl (C=O) groups excluding carboxylic acids is 2. The zero-order valence-corrected chi connectivity index (χ0v) is 28.0. The van der Waals surface area contributed by atoms with E-state index in [0.717, 1.165) is 15.4 Å². The number of benzene rings is 4. The lowest BCUT2D eigenvalue weighted by Gasteiger charge is -2.34. The third-order valence-electron chi connectivity index (χ3n) is 7.51. The van der Waals surface area contributed by atoms with Crippen molar-refractivity contribution in [3.63, 3.8) is 0 Å². The van der Waals surface area contributed by atoms with Gasteiger partial charge in [0.1, 0.15) is 29.9 Å². The van der Waals surface area contributed by atoms with Crippen molar-refractivity contribution >= 4 is 27.5 Å². The van der Waals surface area contributed by atoms with Gasteiger partial charge >= 0.3 is 0 Å². The largest absolute Gasteiger partial charge is 0.497 e. The second-order valence-electron chi connectivity index (χ2n) is 11.4. The van der Waals surface area contributed by atoms with Gasteiger partial charge in [0.2, 0.25) is 11.8 Å². The monoisotopic (exact) mass is 661 g/mol. The molecular weight excluding hydrogens is 621 g/mol. The number of halogens is 1. The van der Waals surface area contributed by atoms with E-state index in [1.807, 2.05) is 51.1 Å². The molecule has 0 aliphatic carbocycles. The minimum atomic E-state index is -4.36. The Kier molecular flexibility index (Phi) is 11.6. The predicted molar refractivity (Wildman–Crippen MR) is 179 cm³/mol. The molecule has 11 heteroatoms. The van der Waals surface area contributed by atoms with Gasteiger partial charge in [0, 0.05) is 25.1 Å². The number of nitrogens with one attached hydrogen (secondary N) is 1. The average molecular weight is 662 g/mol. The zero-order chi connectivity index (χ0) is 34.1. The Morgan fingerprint density at radius 1 is 0.851 bits per heavy atom. The molecule has 1 N–H and O–H groups in total. The zero-order valence-electron chi connectivity index (χ0n) is 27.1. The molecule has 0 aromatic heterocycles. The summed E-state index contributed by atoms with van der Waals surface area (Å²) in [5.41, 5.74) is 2.29. The van der Waals surface area contributed by atoms with Gasteiger partial charge in [0.05, 0.1) is 24.8 Å². The van der Waals surface area contributed by atoms with E-state index in [2.05, 4.69) is 5.32 Å². The highest BCUT2D eigenvalue weighted by Gasteiger charge is 2.36. The number of ether oxygens (including phenoxy) is 2. The number of anilines is 1. The number of sulfonamides is 1. The van der Waals surface area contributed by atoms with Crippen LogP contribution in [0, 0.1) is 12.7 Å². The molecule has 248 valence electrons. The summed E-state index contributed by atoms with van der Waals surface area (Å²) in [4.78, 5) is 29.7. The quantitative estimate of drug-likeness (QED) is 0.191. The molecule has 0 bridgehead atoms. The summed E-state index contributed by atoms with van der Waals surface area (Å²) in [5, 5.41) is 2.91. The predicted octanol–water partition coefficient (Wildman–Crippen LogP) is 5.51. The van der Waals surface area contributed by atoms with Crippen LogP contribution in [0.2, 0.25) is 0 Å². The summed E-state index contributed by atoms with van der Waals surface area (Å²) >= 11 is 0. The van der Waals surface area contributed by atoms with Crippen molar-refractivity contribution in [2.75, 3.05) is 25.1 Å². The highest BCUT2D eigenvalue weighted by molar-refractivity contribution is 7.92. The number of hydrogen-bond donors (Lipinski definition) is 1. The maximum Gasteiger partial charge on any atom is 0.264 e. The molecular formula is C36H40FN3O6S. The molecule has 0 spiro atoms. The van der Waals surface area contributed by atoms with Crippen LogP contribution in [-0.4, -0.2) is 58.0 Å². The Hall–Kier alpha value is -4.90. The Labute approximate surface area is 276 Å². The van der Waals surface area contributed by atoms with E-state index in [1.54, 1.807) is 24.3 Å². The van der Waals surface area contributed by atoms with Crippen LogP contribution in [0.4, 0.5) is 10.1 Å². The SMILES string of the molecule is COc1ccc(OC)c(N(CC(=O)N(Cc2ccc(F)cc2)[C@H](Cc2ccccc2)C(=O)NC(C)C)S(=O)(=O)c2ccc(C)cc2)c1. The van der Waals surface area contributed by atoms with Gasteiger partial charge in [-0.15, -0.1) is 0 Å². The number of nitrogens with zero attached hydrogens (tertiary/aromatic N) is 2. The number of aryl methyl sites for hydroxylation is 1. The molecule has 0 heterocycles. The van der Waals surface area contributed by atoms with Gasteiger partial charge in [-0.1, -0.05) is 60.2 Å². The fourth-order valence-electron chi connectivity index (χ4n) is 5.06. The molecule has 0 unspecified atom stereocenters. The highest BCUT2D eigenvalue weighted by atomic mass is 32.2. The van der Waals surface area contributed by atoms with Crippen molar-refractivity contribution in [1.82, 2.24) is 10.2 Å². The minimum absolute atomic E-state index is 0.0377. The summed E-state index contributed by atoms with van der Waals surface area (Å²) < 4.78 is 54.5. The first-order chi connectivity index (χ1) is 22.4. The molecule has 47 heavy (non-hydrogen) atoms. The molecule has 9 nitrogen and oxygen atoms in total. The van der Waals surface area contributed by atoms with Crippen LogP contribution in [0.15, 0.2) is 102 Å². The Morgan fingerprint density at radius 3 is 2.11 bits per heavy atom. The van der Waals surface area contributed by atoms with Gasteiger partial charge in [0.15, 0.2) is 0 Å². The normalized spacial score (nSPS) is 11.9. The number of carbonyl (C=O) groups is 2. The topological polar surface area (TPSA) is 105 Å². The first kappa shape index (κ1) is 35.0. The highest BCUT2D eigenvalue weighted by Crippen LogP contribution is 2.36. The van der Waals surface area contributed by atoms with Gasteiger partial charge < -0.3 is 19.7 Å². The second kappa shape index (κ2) is 15.6. The van der Waals surface area contributed by atoms with E-state index in [0.29, 0.717) is 11.3 Å². The van der Waals surface area contributed by atoms with E-state index >= 15 is 0 Å². The number of hydrogen-bond acceptors (Lipinski definition) is 6. The van der Waals surface area contributed by atoms with Crippen molar-refractivity contribution in [2.24, 2.45) is 0 Å². The van der Waals surface area contributed by atoms with Crippen molar-refractivity contribution in [1.29, 1.82) is 0 Å². The number of methoxy groups -OCH3 is 2. The van der Waals surface area contributed by atoms with Crippen LogP contribution < -0.4 is 19.1 Å². The molecule has 0 aliphatic rings. The summed E-state index contributed by atoms with van der Waals surface area (Å²) in [5.74, 6) is -0.983. The van der Waals surface area contributed by atoms with Gasteiger partial charge in [-0.2, -0.15) is 0 Å². The Bertz CT molecular complexity index is 1770. The fourth-order valence-corrected chi connectivity index (χ4v) is 6.48. The van der Waals surface area contributed by atoms with Crippen molar-refractivity contribution in [2.45, 2.75) is 50.7 Å². The average Bonchev–Trinajstić information content (AvgIpc) is 3.06. The number of amides is 2. The van der Waals surface area contributed by atoms with Crippen molar-refractivity contribution in [3.05, 3.63) is 120 Å². The van der Waals surface area contributed by atoms with Crippen LogP contribution in [0.3, 0.4) is 0 Å². The first-order valence-corrected chi connectivity index (χ1v) is 16.6. The van der Waals surface area contributed by atoms with Gasteiger partial charge in [0.25, 0.3) is 10.0 Å². The third-order valence-corrected chi connectivity index (χ3v) is 9.28. The summed E-state index contributed by atoms with van der Waals surface area (Å²) in [6.45, 7) is 4.70. The first-order valence-electron chi connectivity index (χ1n) is 15.1. The van der Waals surface area contributed by atoms with Crippen LogP contribution in [0.25, 0.3) is 0 Å². The van der Waals surface area contributed by atoms with E-state index in [4.69, 9.17) is 9.47 Å². The molecule has 0 saturated carbocycles. The summed E-state index contributed by atoms with van der Waals surface area (Å²) in [6.07, 6.45) is 0.152. The maximum absolute atomic E-state index is 14.6. The van der Waals surface area contributed by atoms with Crippen LogP contribution in [0.5, 0.6) is 11.5 Å². The van der Waals surface area contributed by atoms with Gasteiger partial charge in [-0.25, -0.2) is 12.8 Å². The van der Waals surface area contributed by atoms with E-state index in [9.17, 15) is 22.4 Å². The smallest absolute Gasteiger partial charge is 0.264 e. The molecule has 0 radical (unpaired) electrons. The van der Waals surface area contributed by atoms with Crippen molar-refractivity contribution < 1.29 is 31.9 Å². The molecule has 1 atom stereocenters. The Balaban J connectivity index is 1.86. The lowest BCUT2D eigenvalue weighted by atomic mass is 10.0. The van der Waals surface area contributed by atoms with Gasteiger partial charge in [-0.05, 0) is 68.3 Å². The lowest BCUT2D eigenvalue weighted by Crippen LogP contribution is -2.54. The minimum Gasteiger partial charge on any atom is -0.497 e. The van der Waals surface area contributed by atoms with Crippen LogP contribution in [-0.2, 0) is 32.6 Å². The number of rotatable bonds is 14. The van der Waals surface area contributed by atoms with Crippen LogP contribution in [0.1, 0.15) is 30.5 Å². The molecule has 4 aromatic rings. The summed E-state index contributed by atoms with van der Waals surface area (Å²) in [7, 11) is -1.51. The van der Waals surface area contributed by atoms with Crippen LogP contribution >= 0.6 is 0 Å². The molecule has 0 fully saturated rings. The second-order valence-corrected chi connectivity index (χ2v) is 13.2. The Morgan fingerprint density at radius 2 is 1.51 bits per heavy atom. The van der Waals surface area contributed by atoms with E-state index in [-0.39, 0.29) is 35.3 Å².